The maximum atomic E-state index is 14.1. The summed E-state index contributed by atoms with van der Waals surface area (Å²) in [5, 5.41) is 4.10. The van der Waals surface area contributed by atoms with Crippen LogP contribution < -0.4 is 5.43 Å². The average Bonchev–Trinajstić information content (AvgIpc) is 3.32. The number of imide groups is 1. The quantitative estimate of drug-likeness (QED) is 0.0435. The van der Waals surface area contributed by atoms with Gasteiger partial charge in [0.05, 0.1) is 27.7 Å². The molecule has 1 heterocycles. The molecule has 221 valence electrons. The second-order valence-corrected chi connectivity index (χ2v) is 11.4. The monoisotopic (exact) mass is 670 g/mol. The van der Waals surface area contributed by atoms with Crippen LogP contribution in [0.2, 0.25) is 0 Å². The molecule has 1 aliphatic heterocycles. The van der Waals surface area contributed by atoms with Crippen molar-refractivity contribution in [3.63, 3.8) is 0 Å². The molecule has 0 aliphatic carbocycles. The van der Waals surface area contributed by atoms with E-state index < -0.39 is 17.9 Å². The van der Waals surface area contributed by atoms with E-state index in [4.69, 9.17) is 12.2 Å². The number of thiocarbonyl (C=S) groups is 1. The molecule has 0 fully saturated rings. The van der Waals surface area contributed by atoms with E-state index in [2.05, 4.69) is 10.5 Å². The Labute approximate surface area is 280 Å². The van der Waals surface area contributed by atoms with Crippen LogP contribution in [0.5, 0.6) is 0 Å². The van der Waals surface area contributed by atoms with Gasteiger partial charge in [0.2, 0.25) is 5.12 Å². The molecule has 0 saturated carbocycles. The third-order valence-electron chi connectivity index (χ3n) is 7.12. The van der Waals surface area contributed by atoms with E-state index in [-0.39, 0.29) is 43.6 Å². The van der Waals surface area contributed by atoms with Crippen molar-refractivity contribution < 1.29 is 31.2 Å². The van der Waals surface area contributed by atoms with Crippen LogP contribution >= 0.6 is 24.0 Å². The molecule has 2 amide bonds. The molecule has 1 radical (unpaired) electrons. The molecule has 0 saturated heterocycles. The molecule has 0 atom stereocenters. The molecule has 0 aromatic heterocycles. The van der Waals surface area contributed by atoms with Crippen molar-refractivity contribution in [3.05, 3.63) is 167 Å². The topological polar surface area (TPSA) is 78.8 Å². The van der Waals surface area contributed by atoms with Crippen LogP contribution in [0.25, 0.3) is 0 Å². The second-order valence-electron chi connectivity index (χ2n) is 9.90. The zero-order chi connectivity index (χ0) is 30.5. The summed E-state index contributed by atoms with van der Waals surface area (Å²) in [5.74, 6) is -0.871. The van der Waals surface area contributed by atoms with Gasteiger partial charge in [0.25, 0.3) is 11.8 Å². The van der Waals surface area contributed by atoms with Crippen molar-refractivity contribution in [1.29, 1.82) is 0 Å². The van der Waals surface area contributed by atoms with Gasteiger partial charge in [-0.05, 0) is 52.7 Å². The second kappa shape index (κ2) is 14.4. The average molecular weight is 671 g/mol. The van der Waals surface area contributed by atoms with Crippen molar-refractivity contribution in [2.75, 3.05) is 5.43 Å². The molecule has 1 aliphatic rings. The molecule has 1 N–H and O–H groups in total. The summed E-state index contributed by atoms with van der Waals surface area (Å²) in [7, 11) is 0. The molecule has 6 nitrogen and oxygen atoms in total. The molecule has 5 aromatic carbocycles. The number of carbonyl (C=O) groups is 3. The number of nitrogens with zero attached hydrogens (tertiary/aromatic N) is 2. The van der Waals surface area contributed by atoms with Gasteiger partial charge >= 0.3 is 16.8 Å². The fraction of sp³-hybridized carbons (Fsp3) is 0.0278. The summed E-state index contributed by atoms with van der Waals surface area (Å²) in [6.45, 7) is 0. The third-order valence-corrected chi connectivity index (χ3v) is 8.44. The summed E-state index contributed by atoms with van der Waals surface area (Å²) < 4.78 is 0. The van der Waals surface area contributed by atoms with Crippen molar-refractivity contribution in [1.82, 2.24) is 4.90 Å². The summed E-state index contributed by atoms with van der Waals surface area (Å²) in [4.78, 5) is 43.8. The van der Waals surface area contributed by atoms with Crippen LogP contribution in [0.4, 0.5) is 5.69 Å². The minimum atomic E-state index is -0.633. The first-order chi connectivity index (χ1) is 21.5. The van der Waals surface area contributed by atoms with Crippen LogP contribution in [-0.2, 0) is 21.6 Å². The minimum absolute atomic E-state index is 0. The SMILES string of the molecule is O=C(Sc1ccccc1)C(=NNc1cccc2c1C(=O)N(C(c1ccccc1)c1ccccc1)C2=O)C(=S)c1ccccc1.[Co+2]. The Hall–Kier alpha value is -4.67. The normalized spacial score (nSPS) is 12.5. The van der Waals surface area contributed by atoms with E-state index in [9.17, 15) is 14.4 Å². The van der Waals surface area contributed by atoms with Crippen LogP contribution in [0, 0.1) is 0 Å². The van der Waals surface area contributed by atoms with Gasteiger partial charge in [-0.2, -0.15) is 5.10 Å². The van der Waals surface area contributed by atoms with Crippen molar-refractivity contribution >= 4 is 57.2 Å². The number of benzene rings is 5. The summed E-state index contributed by atoms with van der Waals surface area (Å²) >= 11 is 6.73. The molecule has 5 aromatic rings. The molecule has 0 unspecified atom stereocenters. The van der Waals surface area contributed by atoms with Crippen LogP contribution in [0.15, 0.2) is 150 Å². The number of rotatable bonds is 9. The first-order valence-corrected chi connectivity index (χ1v) is 15.1. The van der Waals surface area contributed by atoms with E-state index in [1.54, 1.807) is 18.2 Å². The number of amides is 2. The first kappa shape index (κ1) is 31.7. The first-order valence-electron chi connectivity index (χ1n) is 13.8. The van der Waals surface area contributed by atoms with E-state index in [0.717, 1.165) is 27.8 Å². The van der Waals surface area contributed by atoms with E-state index in [1.807, 2.05) is 121 Å². The van der Waals surface area contributed by atoms with E-state index >= 15 is 0 Å². The smallest absolute Gasteiger partial charge is 0.279 e. The standard InChI is InChI=1S/C36H25N3O3S2.Co/c40-34-28-22-13-23-29(30(28)35(41)39(34)32(24-14-5-1-6-15-24)25-16-7-2-8-17-25)37-38-31(33(43)26-18-9-3-10-19-26)36(42)44-27-20-11-4-12-21-27;/h1-23,32,37H;/q;+2. The third kappa shape index (κ3) is 6.72. The largest absolute Gasteiger partial charge is 2.00 e. The van der Waals surface area contributed by atoms with E-state index in [1.165, 1.54) is 4.90 Å². The fourth-order valence-corrected chi connectivity index (χ4v) is 6.16. The number of hydrazone groups is 1. The Kier molecular flexibility index (Phi) is 10.2. The van der Waals surface area contributed by atoms with Crippen LogP contribution in [0.1, 0.15) is 43.4 Å². The number of anilines is 1. The molecular formula is C36H25CoN3O3S2+2. The molecule has 45 heavy (non-hydrogen) atoms. The van der Waals surface area contributed by atoms with Crippen molar-refractivity contribution in [3.8, 4) is 0 Å². The van der Waals surface area contributed by atoms with Gasteiger partial charge in [-0.25, -0.2) is 0 Å². The predicted octanol–water partition coefficient (Wildman–Crippen LogP) is 7.57. The van der Waals surface area contributed by atoms with Gasteiger partial charge < -0.3 is 0 Å². The van der Waals surface area contributed by atoms with Gasteiger partial charge in [0.15, 0.2) is 5.71 Å². The number of hydrogen-bond donors (Lipinski definition) is 1. The Balaban J connectivity index is 0.00000400. The van der Waals surface area contributed by atoms with Crippen LogP contribution in [0.3, 0.4) is 0 Å². The number of carbonyl (C=O) groups excluding carboxylic acids is 3. The van der Waals surface area contributed by atoms with Gasteiger partial charge in [0, 0.05) is 4.90 Å². The maximum absolute atomic E-state index is 14.1. The van der Waals surface area contributed by atoms with Crippen molar-refractivity contribution in [2.24, 2.45) is 5.10 Å². The Bertz CT molecular complexity index is 1850. The summed E-state index contributed by atoms with van der Waals surface area (Å²) in [5.41, 5.74) is 5.96. The molecular weight excluding hydrogens is 645 g/mol. The molecule has 0 bridgehead atoms. The number of hydrogen-bond acceptors (Lipinski definition) is 7. The number of thioether (sulfide) groups is 1. The number of nitrogens with one attached hydrogen (secondary N) is 1. The van der Waals surface area contributed by atoms with Crippen molar-refractivity contribution in [2.45, 2.75) is 10.9 Å². The van der Waals surface area contributed by atoms with Gasteiger partial charge in [-0.3, -0.25) is 24.7 Å². The minimum Gasteiger partial charge on any atom is -0.279 e. The molecule has 9 heteroatoms. The van der Waals surface area contributed by atoms with Crippen LogP contribution in [-0.4, -0.2) is 32.4 Å². The van der Waals surface area contributed by atoms with E-state index in [0.29, 0.717) is 11.3 Å². The molecule has 6 rings (SSSR count). The summed E-state index contributed by atoms with van der Waals surface area (Å²) in [6.07, 6.45) is 0. The fourth-order valence-electron chi connectivity index (χ4n) is 5.07. The van der Waals surface area contributed by atoms with Gasteiger partial charge in [-0.15, -0.1) is 0 Å². The molecule has 0 spiro atoms. The number of fused-ring (bicyclic) bond motifs is 1. The van der Waals surface area contributed by atoms with Gasteiger partial charge in [-0.1, -0.05) is 127 Å². The Morgan fingerprint density at radius 3 is 1.80 bits per heavy atom. The zero-order valence-electron chi connectivity index (χ0n) is 23.6. The predicted molar refractivity (Wildman–Crippen MR) is 178 cm³/mol. The zero-order valence-corrected chi connectivity index (χ0v) is 26.3. The maximum Gasteiger partial charge on any atom is 2.00 e. The Morgan fingerprint density at radius 2 is 1.22 bits per heavy atom. The van der Waals surface area contributed by atoms with Gasteiger partial charge in [0.1, 0.15) is 0 Å². The Morgan fingerprint density at radius 1 is 0.689 bits per heavy atom. The summed E-state index contributed by atoms with van der Waals surface area (Å²) in [6, 6.07) is 41.6.